The van der Waals surface area contributed by atoms with E-state index in [0.29, 0.717) is 0 Å². The van der Waals surface area contributed by atoms with E-state index < -0.39 is 0 Å². The number of benzene rings is 3. The predicted molar refractivity (Wildman–Crippen MR) is 106 cm³/mol. The van der Waals surface area contributed by atoms with Crippen molar-refractivity contribution in [2.24, 2.45) is 0 Å². The summed E-state index contributed by atoms with van der Waals surface area (Å²) in [6.45, 7) is 5.38. The molecule has 3 aromatic rings. The van der Waals surface area contributed by atoms with Crippen molar-refractivity contribution in [1.82, 2.24) is 9.80 Å². The Morgan fingerprint density at radius 2 is 1.50 bits per heavy atom. The van der Waals surface area contributed by atoms with E-state index in [4.69, 9.17) is 0 Å². The lowest BCUT2D eigenvalue weighted by atomic mass is 9.82. The molecule has 130 valence electrons. The molecule has 0 radical (unpaired) electrons. The van der Waals surface area contributed by atoms with Crippen LogP contribution in [0.3, 0.4) is 0 Å². The van der Waals surface area contributed by atoms with Gasteiger partial charge in [-0.2, -0.15) is 0 Å². The topological polar surface area (TPSA) is 23.6 Å². The zero-order valence-corrected chi connectivity index (χ0v) is 15.0. The normalized spacial score (nSPS) is 17.5. The molecule has 0 spiro atoms. The Bertz CT molecular complexity index is 1020. The van der Waals surface area contributed by atoms with Crippen LogP contribution in [-0.4, -0.2) is 48.8 Å². The van der Waals surface area contributed by atoms with E-state index in [0.717, 1.165) is 54.8 Å². The molecule has 1 saturated heterocycles. The smallest absolute Gasteiger partial charge is 0.194 e. The molecule has 1 heterocycles. The third kappa shape index (κ3) is 2.39. The van der Waals surface area contributed by atoms with Crippen molar-refractivity contribution in [3.8, 4) is 11.1 Å². The third-order valence-electron chi connectivity index (χ3n) is 5.83. The average Bonchev–Trinajstić information content (AvgIpc) is 2.68. The summed E-state index contributed by atoms with van der Waals surface area (Å²) in [5.74, 6) is 0.149. The number of hydrogen-bond acceptors (Lipinski definition) is 3. The summed E-state index contributed by atoms with van der Waals surface area (Å²) in [5, 5.41) is 2.35. The van der Waals surface area contributed by atoms with Crippen molar-refractivity contribution in [2.75, 3.05) is 33.2 Å². The number of hydrogen-bond donors (Lipinski definition) is 0. The van der Waals surface area contributed by atoms with E-state index >= 15 is 0 Å². The lowest BCUT2D eigenvalue weighted by molar-refractivity contribution is 0.104. The first-order valence-corrected chi connectivity index (χ1v) is 9.32. The molecule has 3 heteroatoms. The quantitative estimate of drug-likeness (QED) is 0.554. The molecule has 5 rings (SSSR count). The summed E-state index contributed by atoms with van der Waals surface area (Å²) in [6.07, 6.45) is 0. The fourth-order valence-electron chi connectivity index (χ4n) is 4.33. The van der Waals surface area contributed by atoms with Gasteiger partial charge in [-0.25, -0.2) is 0 Å². The summed E-state index contributed by atoms with van der Waals surface area (Å²) < 4.78 is 0. The number of nitrogens with zero attached hydrogens (tertiary/aromatic N) is 2. The van der Waals surface area contributed by atoms with Crippen LogP contribution in [0.2, 0.25) is 0 Å². The lowest BCUT2D eigenvalue weighted by Gasteiger charge is -2.33. The number of piperazine rings is 1. The fraction of sp³-hybridized carbons (Fsp3) is 0.261. The van der Waals surface area contributed by atoms with Gasteiger partial charge in [-0.1, -0.05) is 54.6 Å². The Morgan fingerprint density at radius 1 is 0.769 bits per heavy atom. The molecular formula is C23H22N2O. The van der Waals surface area contributed by atoms with Gasteiger partial charge < -0.3 is 4.90 Å². The minimum Gasteiger partial charge on any atom is -0.304 e. The number of ketones is 1. The van der Waals surface area contributed by atoms with Crippen molar-refractivity contribution in [2.45, 2.75) is 6.54 Å². The van der Waals surface area contributed by atoms with E-state index in [1.807, 2.05) is 30.3 Å². The maximum atomic E-state index is 13.0. The highest BCUT2D eigenvalue weighted by atomic mass is 16.1. The molecule has 1 aliphatic heterocycles. The van der Waals surface area contributed by atoms with Crippen LogP contribution in [0, 0.1) is 0 Å². The molecule has 0 bridgehead atoms. The van der Waals surface area contributed by atoms with Crippen molar-refractivity contribution < 1.29 is 4.79 Å². The monoisotopic (exact) mass is 342 g/mol. The molecule has 0 N–H and O–H groups in total. The maximum absolute atomic E-state index is 13.0. The molecular weight excluding hydrogens is 320 g/mol. The van der Waals surface area contributed by atoms with Gasteiger partial charge in [0.2, 0.25) is 0 Å². The van der Waals surface area contributed by atoms with Gasteiger partial charge in [0.05, 0.1) is 0 Å². The molecule has 2 aliphatic rings. The Labute approximate surface area is 153 Å². The van der Waals surface area contributed by atoms with Crippen molar-refractivity contribution >= 4 is 16.6 Å². The predicted octanol–water partition coefficient (Wildman–Crippen LogP) is 3.80. The minimum atomic E-state index is 0.149. The highest BCUT2D eigenvalue weighted by Gasteiger charge is 2.25. The Hall–Kier alpha value is -2.49. The van der Waals surface area contributed by atoms with Crippen LogP contribution in [0.1, 0.15) is 21.5 Å². The van der Waals surface area contributed by atoms with Crippen LogP contribution in [0.25, 0.3) is 21.9 Å². The first kappa shape index (κ1) is 15.7. The molecule has 26 heavy (non-hydrogen) atoms. The largest absolute Gasteiger partial charge is 0.304 e. The van der Waals surface area contributed by atoms with Gasteiger partial charge >= 0.3 is 0 Å². The molecule has 1 fully saturated rings. The van der Waals surface area contributed by atoms with E-state index in [1.165, 1.54) is 16.5 Å². The minimum absolute atomic E-state index is 0.149. The summed E-state index contributed by atoms with van der Waals surface area (Å²) in [6, 6.07) is 18.6. The molecule has 0 unspecified atom stereocenters. The van der Waals surface area contributed by atoms with E-state index in [-0.39, 0.29) is 5.78 Å². The maximum Gasteiger partial charge on any atom is 0.194 e. The molecule has 0 amide bonds. The van der Waals surface area contributed by atoms with Gasteiger partial charge in [-0.3, -0.25) is 9.69 Å². The van der Waals surface area contributed by atoms with E-state index in [9.17, 15) is 4.79 Å². The van der Waals surface area contributed by atoms with Crippen molar-refractivity contribution in [1.29, 1.82) is 0 Å². The second-order valence-corrected chi connectivity index (χ2v) is 7.45. The van der Waals surface area contributed by atoms with Gasteiger partial charge in [0, 0.05) is 49.2 Å². The molecule has 3 aromatic carbocycles. The number of rotatable bonds is 2. The SMILES string of the molecule is CN1CCN(Cc2ccc3c4c(cccc24)C(=O)c2ccccc2-3)CC1. The van der Waals surface area contributed by atoms with E-state index in [1.54, 1.807) is 0 Å². The molecule has 0 atom stereocenters. The first-order valence-electron chi connectivity index (χ1n) is 9.32. The van der Waals surface area contributed by atoms with Gasteiger partial charge in [0.1, 0.15) is 0 Å². The summed E-state index contributed by atoms with van der Waals surface area (Å²) in [7, 11) is 2.18. The summed E-state index contributed by atoms with van der Waals surface area (Å²) >= 11 is 0. The van der Waals surface area contributed by atoms with Crippen LogP contribution in [0.5, 0.6) is 0 Å². The summed E-state index contributed by atoms with van der Waals surface area (Å²) in [5.41, 5.74) is 5.23. The van der Waals surface area contributed by atoms with Crippen LogP contribution in [-0.2, 0) is 6.54 Å². The highest BCUT2D eigenvalue weighted by molar-refractivity contribution is 6.26. The van der Waals surface area contributed by atoms with Crippen LogP contribution < -0.4 is 0 Å². The van der Waals surface area contributed by atoms with Gasteiger partial charge in [-0.05, 0) is 29.1 Å². The zero-order chi connectivity index (χ0) is 17.7. The van der Waals surface area contributed by atoms with Crippen LogP contribution in [0.4, 0.5) is 0 Å². The first-order chi connectivity index (χ1) is 12.7. The lowest BCUT2D eigenvalue weighted by Crippen LogP contribution is -2.43. The number of likely N-dealkylation sites (N-methyl/N-ethyl adjacent to an activating group) is 1. The zero-order valence-electron chi connectivity index (χ0n) is 15.0. The van der Waals surface area contributed by atoms with Crippen molar-refractivity contribution in [3.05, 3.63) is 71.3 Å². The number of carbonyl (C=O) groups is 1. The highest BCUT2D eigenvalue weighted by Crippen LogP contribution is 2.40. The van der Waals surface area contributed by atoms with Crippen LogP contribution >= 0.6 is 0 Å². The molecule has 1 aliphatic carbocycles. The average molecular weight is 342 g/mol. The molecule has 0 aromatic heterocycles. The van der Waals surface area contributed by atoms with Crippen molar-refractivity contribution in [3.63, 3.8) is 0 Å². The second-order valence-electron chi connectivity index (χ2n) is 7.45. The third-order valence-corrected chi connectivity index (χ3v) is 5.83. The Morgan fingerprint density at radius 3 is 2.31 bits per heavy atom. The van der Waals surface area contributed by atoms with Gasteiger partial charge in [0.25, 0.3) is 0 Å². The van der Waals surface area contributed by atoms with Gasteiger partial charge in [0.15, 0.2) is 5.78 Å². The number of fused-ring (bicyclic) bond motifs is 2. The molecule has 3 nitrogen and oxygen atoms in total. The van der Waals surface area contributed by atoms with Gasteiger partial charge in [-0.15, -0.1) is 0 Å². The number of carbonyl (C=O) groups excluding carboxylic acids is 1. The Kier molecular flexibility index (Phi) is 3.66. The fourth-order valence-corrected chi connectivity index (χ4v) is 4.33. The second kappa shape index (κ2) is 6.04. The Balaban J connectivity index is 1.64. The molecule has 0 saturated carbocycles. The summed E-state index contributed by atoms with van der Waals surface area (Å²) in [4.78, 5) is 17.9. The standard InChI is InChI=1S/C23H22N2O/c1-24-11-13-25(14-12-24)15-16-9-10-19-18-5-2-3-6-20(18)23(26)21-8-4-7-17(16)22(19)21/h2-10H,11-15H2,1H3. The van der Waals surface area contributed by atoms with Crippen LogP contribution in [0.15, 0.2) is 54.6 Å². The van der Waals surface area contributed by atoms with E-state index in [2.05, 4.69) is 41.1 Å².